The zero-order valence-corrected chi connectivity index (χ0v) is 11.4. The van der Waals surface area contributed by atoms with Gasteiger partial charge in [-0.05, 0) is 43.2 Å². The number of anilines is 2. The average Bonchev–Trinajstić information content (AvgIpc) is 3.01. The Morgan fingerprint density at radius 1 is 1.15 bits per heavy atom. The van der Waals surface area contributed by atoms with Crippen molar-refractivity contribution in [3.8, 4) is 5.75 Å². The molecular formula is C16H19N3O. The van der Waals surface area contributed by atoms with Crippen LogP contribution in [0.3, 0.4) is 0 Å². The summed E-state index contributed by atoms with van der Waals surface area (Å²) in [5.41, 5.74) is 3.30. The molecule has 0 unspecified atom stereocenters. The van der Waals surface area contributed by atoms with Crippen LogP contribution in [-0.2, 0) is 6.54 Å². The van der Waals surface area contributed by atoms with Gasteiger partial charge in [-0.1, -0.05) is 6.07 Å². The van der Waals surface area contributed by atoms with E-state index < -0.39 is 0 Å². The van der Waals surface area contributed by atoms with Gasteiger partial charge in [-0.2, -0.15) is 0 Å². The SMILES string of the molecule is Oc1ccc(CNc2cccc(N3CCCC3)c2)nc1. The van der Waals surface area contributed by atoms with Crippen LogP contribution in [0, 0.1) is 0 Å². The van der Waals surface area contributed by atoms with E-state index in [1.54, 1.807) is 6.07 Å². The predicted octanol–water partition coefficient (Wildman–Crippen LogP) is 3.00. The largest absolute Gasteiger partial charge is 0.506 e. The molecule has 2 N–H and O–H groups in total. The summed E-state index contributed by atoms with van der Waals surface area (Å²) in [4.78, 5) is 6.59. The van der Waals surface area contributed by atoms with Gasteiger partial charge in [-0.25, -0.2) is 0 Å². The summed E-state index contributed by atoms with van der Waals surface area (Å²) in [5.74, 6) is 0.199. The fraction of sp³-hybridized carbons (Fsp3) is 0.312. The first-order chi connectivity index (χ1) is 9.81. The monoisotopic (exact) mass is 269 g/mol. The van der Waals surface area contributed by atoms with Crippen LogP contribution in [0.5, 0.6) is 5.75 Å². The van der Waals surface area contributed by atoms with Crippen LogP contribution in [0.25, 0.3) is 0 Å². The van der Waals surface area contributed by atoms with E-state index in [-0.39, 0.29) is 5.75 Å². The maximum atomic E-state index is 9.21. The van der Waals surface area contributed by atoms with Crippen LogP contribution in [-0.4, -0.2) is 23.2 Å². The first-order valence-corrected chi connectivity index (χ1v) is 7.04. The average molecular weight is 269 g/mol. The number of pyridine rings is 1. The van der Waals surface area contributed by atoms with Gasteiger partial charge in [0.05, 0.1) is 18.4 Å². The molecule has 0 amide bonds. The molecule has 0 atom stereocenters. The third-order valence-electron chi connectivity index (χ3n) is 3.60. The minimum absolute atomic E-state index is 0.199. The van der Waals surface area contributed by atoms with Crippen LogP contribution in [0.4, 0.5) is 11.4 Å². The molecule has 0 spiro atoms. The van der Waals surface area contributed by atoms with Crippen LogP contribution >= 0.6 is 0 Å². The first kappa shape index (κ1) is 12.8. The maximum absolute atomic E-state index is 9.21. The highest BCUT2D eigenvalue weighted by Gasteiger charge is 2.12. The summed E-state index contributed by atoms with van der Waals surface area (Å²) in [5, 5.41) is 12.6. The summed E-state index contributed by atoms with van der Waals surface area (Å²) >= 11 is 0. The number of hydrogen-bond acceptors (Lipinski definition) is 4. The van der Waals surface area contributed by atoms with E-state index in [9.17, 15) is 5.11 Å². The van der Waals surface area contributed by atoms with Crippen LogP contribution in [0.2, 0.25) is 0 Å². The number of aromatic hydroxyl groups is 1. The fourth-order valence-electron chi connectivity index (χ4n) is 2.50. The smallest absolute Gasteiger partial charge is 0.133 e. The molecular weight excluding hydrogens is 250 g/mol. The van der Waals surface area contributed by atoms with Gasteiger partial charge in [0.15, 0.2) is 0 Å². The van der Waals surface area contributed by atoms with E-state index in [2.05, 4.69) is 39.5 Å². The summed E-state index contributed by atoms with van der Waals surface area (Å²) < 4.78 is 0. The second kappa shape index (κ2) is 5.82. The Bertz CT molecular complexity index is 562. The van der Waals surface area contributed by atoms with E-state index in [4.69, 9.17) is 0 Å². The zero-order chi connectivity index (χ0) is 13.8. The summed E-state index contributed by atoms with van der Waals surface area (Å²) in [6.45, 7) is 2.97. The van der Waals surface area contributed by atoms with Crippen molar-refractivity contribution in [1.29, 1.82) is 0 Å². The van der Waals surface area contributed by atoms with Crippen molar-refractivity contribution in [3.63, 3.8) is 0 Å². The molecule has 1 aliphatic rings. The molecule has 1 aromatic heterocycles. The van der Waals surface area contributed by atoms with Gasteiger partial charge in [-0.3, -0.25) is 4.98 Å². The lowest BCUT2D eigenvalue weighted by atomic mass is 10.2. The van der Waals surface area contributed by atoms with Crippen LogP contribution in [0.15, 0.2) is 42.6 Å². The number of aromatic nitrogens is 1. The van der Waals surface area contributed by atoms with E-state index >= 15 is 0 Å². The zero-order valence-electron chi connectivity index (χ0n) is 11.4. The molecule has 0 aliphatic carbocycles. The fourth-order valence-corrected chi connectivity index (χ4v) is 2.50. The molecule has 1 aliphatic heterocycles. The molecule has 1 fully saturated rings. The number of hydrogen-bond donors (Lipinski definition) is 2. The van der Waals surface area contributed by atoms with Crippen LogP contribution in [0.1, 0.15) is 18.5 Å². The second-order valence-electron chi connectivity index (χ2n) is 5.11. The van der Waals surface area contributed by atoms with E-state index in [0.29, 0.717) is 6.54 Å². The lowest BCUT2D eigenvalue weighted by molar-refractivity contribution is 0.472. The third kappa shape index (κ3) is 3.02. The molecule has 20 heavy (non-hydrogen) atoms. The normalized spacial score (nSPS) is 14.5. The topological polar surface area (TPSA) is 48.4 Å². The molecule has 2 aromatic rings. The van der Waals surface area contributed by atoms with Gasteiger partial charge < -0.3 is 15.3 Å². The van der Waals surface area contributed by atoms with E-state index in [0.717, 1.165) is 24.5 Å². The highest BCUT2D eigenvalue weighted by atomic mass is 16.3. The number of nitrogens with zero attached hydrogens (tertiary/aromatic N) is 2. The Labute approximate surface area is 119 Å². The van der Waals surface area contributed by atoms with Crippen molar-refractivity contribution in [1.82, 2.24) is 4.98 Å². The Balaban J connectivity index is 1.65. The molecule has 0 saturated carbocycles. The maximum Gasteiger partial charge on any atom is 0.133 e. The van der Waals surface area contributed by atoms with Gasteiger partial charge in [0, 0.05) is 24.5 Å². The second-order valence-corrected chi connectivity index (χ2v) is 5.11. The summed E-state index contributed by atoms with van der Waals surface area (Å²) in [6.07, 6.45) is 4.04. The highest BCUT2D eigenvalue weighted by Crippen LogP contribution is 2.23. The predicted molar refractivity (Wildman–Crippen MR) is 81.1 cm³/mol. The molecule has 0 radical (unpaired) electrons. The van der Waals surface area contributed by atoms with E-state index in [1.807, 2.05) is 6.07 Å². The number of nitrogens with one attached hydrogen (secondary N) is 1. The van der Waals surface area contributed by atoms with Crippen molar-refractivity contribution in [3.05, 3.63) is 48.3 Å². The molecule has 1 saturated heterocycles. The molecule has 104 valence electrons. The van der Waals surface area contributed by atoms with Crippen molar-refractivity contribution < 1.29 is 5.11 Å². The van der Waals surface area contributed by atoms with Gasteiger partial charge in [0.2, 0.25) is 0 Å². The van der Waals surface area contributed by atoms with Gasteiger partial charge >= 0.3 is 0 Å². The van der Waals surface area contributed by atoms with Gasteiger partial charge in [-0.15, -0.1) is 0 Å². The Morgan fingerprint density at radius 3 is 2.75 bits per heavy atom. The van der Waals surface area contributed by atoms with Gasteiger partial charge in [0.25, 0.3) is 0 Å². The molecule has 4 heteroatoms. The lowest BCUT2D eigenvalue weighted by Gasteiger charge is -2.18. The Hall–Kier alpha value is -2.23. The Morgan fingerprint density at radius 2 is 2.00 bits per heavy atom. The van der Waals surface area contributed by atoms with Crippen molar-refractivity contribution >= 4 is 11.4 Å². The molecule has 1 aromatic carbocycles. The molecule has 3 rings (SSSR count). The minimum Gasteiger partial charge on any atom is -0.506 e. The number of rotatable bonds is 4. The molecule has 2 heterocycles. The molecule has 4 nitrogen and oxygen atoms in total. The first-order valence-electron chi connectivity index (χ1n) is 7.04. The number of benzene rings is 1. The summed E-state index contributed by atoms with van der Waals surface area (Å²) in [7, 11) is 0. The van der Waals surface area contributed by atoms with Crippen molar-refractivity contribution in [2.45, 2.75) is 19.4 Å². The van der Waals surface area contributed by atoms with Crippen LogP contribution < -0.4 is 10.2 Å². The van der Waals surface area contributed by atoms with Crippen molar-refractivity contribution in [2.75, 3.05) is 23.3 Å². The van der Waals surface area contributed by atoms with Gasteiger partial charge in [0.1, 0.15) is 5.75 Å². The quantitative estimate of drug-likeness (QED) is 0.896. The minimum atomic E-state index is 0.199. The highest BCUT2D eigenvalue weighted by molar-refractivity contribution is 5.58. The lowest BCUT2D eigenvalue weighted by Crippen LogP contribution is -2.17. The third-order valence-corrected chi connectivity index (χ3v) is 3.60. The Kier molecular flexibility index (Phi) is 3.72. The standard InChI is InChI=1S/C16H19N3O/c20-16-7-6-14(18-12-16)11-17-13-4-3-5-15(10-13)19-8-1-2-9-19/h3-7,10,12,17,20H,1-2,8-9,11H2. The van der Waals surface area contributed by atoms with E-state index in [1.165, 1.54) is 24.7 Å². The summed E-state index contributed by atoms with van der Waals surface area (Å²) in [6, 6.07) is 12.0. The van der Waals surface area contributed by atoms with Crippen molar-refractivity contribution in [2.24, 2.45) is 0 Å². The molecule has 0 bridgehead atoms.